The number of carbonyl (C=O) groups is 3. The van der Waals surface area contributed by atoms with Crippen molar-refractivity contribution in [2.24, 2.45) is 0 Å². The van der Waals surface area contributed by atoms with E-state index in [0.29, 0.717) is 25.3 Å². The van der Waals surface area contributed by atoms with Crippen molar-refractivity contribution >= 4 is 17.8 Å². The molecule has 0 spiro atoms. The minimum absolute atomic E-state index is 0.0929. The highest BCUT2D eigenvalue weighted by Crippen LogP contribution is 2.14. The minimum atomic E-state index is -1.08. The number of ether oxygens (including phenoxy) is 1. The van der Waals surface area contributed by atoms with E-state index < -0.39 is 12.1 Å². The highest BCUT2D eigenvalue weighted by Gasteiger charge is 2.28. The second-order valence-corrected chi connectivity index (χ2v) is 5.55. The summed E-state index contributed by atoms with van der Waals surface area (Å²) in [5.41, 5.74) is 1.41. The van der Waals surface area contributed by atoms with Gasteiger partial charge in [0.15, 0.2) is 0 Å². The van der Waals surface area contributed by atoms with Crippen LogP contribution in [0, 0.1) is 6.92 Å². The number of nitrogens with zero attached hydrogens (tertiary/aromatic N) is 2. The van der Waals surface area contributed by atoms with E-state index in [-0.39, 0.29) is 24.9 Å². The van der Waals surface area contributed by atoms with Gasteiger partial charge in [0, 0.05) is 38.4 Å². The van der Waals surface area contributed by atoms with Gasteiger partial charge in [-0.15, -0.1) is 0 Å². The molecule has 126 valence electrons. The maximum absolute atomic E-state index is 12.5. The Kier molecular flexibility index (Phi) is 5.38. The molecule has 2 amide bonds. The molecule has 1 atom stereocenters. The molecule has 2 rings (SSSR count). The number of nitrogens with one attached hydrogen (secondary N) is 1. The van der Waals surface area contributed by atoms with Gasteiger partial charge in [0.1, 0.15) is 6.54 Å². The van der Waals surface area contributed by atoms with Crippen molar-refractivity contribution < 1.29 is 24.2 Å². The summed E-state index contributed by atoms with van der Waals surface area (Å²) in [6.07, 6.45) is 1.32. The van der Waals surface area contributed by atoms with Crippen molar-refractivity contribution in [1.29, 1.82) is 0 Å². The lowest BCUT2D eigenvalue weighted by Crippen LogP contribution is -2.51. The van der Waals surface area contributed by atoms with Crippen LogP contribution in [0.4, 0.5) is 0 Å². The molecule has 0 aliphatic carbocycles. The highest BCUT2D eigenvalue weighted by molar-refractivity contribution is 5.95. The minimum Gasteiger partial charge on any atom is -0.480 e. The van der Waals surface area contributed by atoms with Gasteiger partial charge < -0.3 is 24.6 Å². The lowest BCUT2D eigenvalue weighted by Gasteiger charge is -2.35. The van der Waals surface area contributed by atoms with E-state index in [4.69, 9.17) is 9.84 Å². The number of rotatable bonds is 5. The standard InChI is InChI=1S/C15H21N3O5/c1-10-13(3-4-16-10)15(22)17-5-6-23-12(7-17)8-18(11(2)19)9-14(20)21/h3-4,12,16H,5-9H2,1-2H3,(H,20,21). The first-order valence-electron chi connectivity index (χ1n) is 7.40. The smallest absolute Gasteiger partial charge is 0.323 e. The molecule has 0 saturated carbocycles. The summed E-state index contributed by atoms with van der Waals surface area (Å²) < 4.78 is 5.58. The van der Waals surface area contributed by atoms with Crippen molar-refractivity contribution in [1.82, 2.24) is 14.8 Å². The molecule has 8 heteroatoms. The lowest BCUT2D eigenvalue weighted by molar-refractivity contribution is -0.145. The summed E-state index contributed by atoms with van der Waals surface area (Å²) in [4.78, 5) is 40.7. The van der Waals surface area contributed by atoms with Gasteiger partial charge in [-0.05, 0) is 13.0 Å². The van der Waals surface area contributed by atoms with Crippen LogP contribution in [0.5, 0.6) is 0 Å². The van der Waals surface area contributed by atoms with Crippen LogP contribution in [-0.2, 0) is 14.3 Å². The predicted octanol–water partition coefficient (Wildman–Crippen LogP) is 0.0972. The fourth-order valence-electron chi connectivity index (χ4n) is 2.58. The van der Waals surface area contributed by atoms with Crippen molar-refractivity contribution in [2.75, 3.05) is 32.8 Å². The van der Waals surface area contributed by atoms with Crippen LogP contribution in [0.1, 0.15) is 23.0 Å². The van der Waals surface area contributed by atoms with Gasteiger partial charge >= 0.3 is 5.97 Å². The van der Waals surface area contributed by atoms with Gasteiger partial charge in [0.2, 0.25) is 5.91 Å². The number of carboxylic acid groups (broad SMARTS) is 1. The Hall–Kier alpha value is -2.35. The number of hydrogen-bond donors (Lipinski definition) is 2. The summed E-state index contributed by atoms with van der Waals surface area (Å²) in [6, 6.07) is 1.73. The molecular formula is C15H21N3O5. The van der Waals surface area contributed by atoms with Crippen LogP contribution >= 0.6 is 0 Å². The summed E-state index contributed by atoms with van der Waals surface area (Å²) in [7, 11) is 0. The number of aromatic nitrogens is 1. The molecule has 1 aliphatic rings. The molecule has 2 heterocycles. The van der Waals surface area contributed by atoms with Gasteiger partial charge in [0.25, 0.3) is 5.91 Å². The zero-order chi connectivity index (χ0) is 17.0. The first kappa shape index (κ1) is 17.0. The monoisotopic (exact) mass is 323 g/mol. The number of amides is 2. The maximum atomic E-state index is 12.5. The number of morpholine rings is 1. The molecule has 8 nitrogen and oxygen atoms in total. The molecular weight excluding hydrogens is 302 g/mol. The van der Waals surface area contributed by atoms with E-state index in [1.165, 1.54) is 11.8 Å². The third kappa shape index (κ3) is 4.32. The molecule has 0 aromatic carbocycles. The average molecular weight is 323 g/mol. The third-order valence-electron chi connectivity index (χ3n) is 3.81. The first-order valence-corrected chi connectivity index (χ1v) is 7.40. The summed E-state index contributed by atoms with van der Waals surface area (Å²) >= 11 is 0. The largest absolute Gasteiger partial charge is 0.480 e. The lowest BCUT2D eigenvalue weighted by atomic mass is 10.2. The second-order valence-electron chi connectivity index (χ2n) is 5.55. The topological polar surface area (TPSA) is 103 Å². The fraction of sp³-hybridized carbons (Fsp3) is 0.533. The van der Waals surface area contributed by atoms with Gasteiger partial charge in [-0.2, -0.15) is 0 Å². The van der Waals surface area contributed by atoms with Crippen LogP contribution in [0.15, 0.2) is 12.3 Å². The van der Waals surface area contributed by atoms with Crippen LogP contribution < -0.4 is 0 Å². The second kappa shape index (κ2) is 7.28. The Labute approximate surface area is 134 Å². The molecule has 0 bridgehead atoms. The number of carbonyl (C=O) groups excluding carboxylic acids is 2. The first-order chi connectivity index (χ1) is 10.9. The normalized spacial score (nSPS) is 17.8. The van der Waals surface area contributed by atoms with E-state index in [1.54, 1.807) is 17.2 Å². The number of H-pyrrole nitrogens is 1. The Balaban J connectivity index is 2.00. The van der Waals surface area contributed by atoms with Crippen LogP contribution in [0.3, 0.4) is 0 Å². The van der Waals surface area contributed by atoms with E-state index in [1.807, 2.05) is 6.92 Å². The van der Waals surface area contributed by atoms with E-state index in [0.717, 1.165) is 5.69 Å². The van der Waals surface area contributed by atoms with E-state index in [2.05, 4.69) is 4.98 Å². The van der Waals surface area contributed by atoms with E-state index >= 15 is 0 Å². The molecule has 1 unspecified atom stereocenters. The number of hydrogen-bond acceptors (Lipinski definition) is 4. The van der Waals surface area contributed by atoms with Crippen molar-refractivity contribution in [2.45, 2.75) is 20.0 Å². The highest BCUT2D eigenvalue weighted by atomic mass is 16.5. The van der Waals surface area contributed by atoms with Gasteiger partial charge in [-0.1, -0.05) is 0 Å². The van der Waals surface area contributed by atoms with Crippen LogP contribution in [-0.4, -0.2) is 76.6 Å². The maximum Gasteiger partial charge on any atom is 0.323 e. The summed E-state index contributed by atoms with van der Waals surface area (Å²) in [6.45, 7) is 4.08. The number of aryl methyl sites for hydroxylation is 1. The Morgan fingerprint density at radius 2 is 2.22 bits per heavy atom. The van der Waals surface area contributed by atoms with Gasteiger partial charge in [0.05, 0.1) is 18.3 Å². The molecule has 1 aromatic rings. The SMILES string of the molecule is CC(=O)N(CC(=O)O)CC1CN(C(=O)c2cc[nH]c2C)CCO1. The molecule has 1 saturated heterocycles. The zero-order valence-electron chi connectivity index (χ0n) is 13.2. The molecule has 0 radical (unpaired) electrons. The Morgan fingerprint density at radius 3 is 2.78 bits per heavy atom. The molecule has 2 N–H and O–H groups in total. The average Bonchev–Trinajstić information content (AvgIpc) is 2.91. The third-order valence-corrected chi connectivity index (χ3v) is 3.81. The fourth-order valence-corrected chi connectivity index (χ4v) is 2.58. The van der Waals surface area contributed by atoms with Crippen molar-refractivity contribution in [3.63, 3.8) is 0 Å². The van der Waals surface area contributed by atoms with Gasteiger partial charge in [-0.25, -0.2) is 0 Å². The molecule has 1 aliphatic heterocycles. The molecule has 1 fully saturated rings. The van der Waals surface area contributed by atoms with Crippen LogP contribution in [0.2, 0.25) is 0 Å². The number of carboxylic acids is 1. The quantitative estimate of drug-likeness (QED) is 0.800. The molecule has 1 aromatic heterocycles. The Morgan fingerprint density at radius 1 is 1.48 bits per heavy atom. The molecule has 23 heavy (non-hydrogen) atoms. The number of aromatic amines is 1. The van der Waals surface area contributed by atoms with Crippen molar-refractivity contribution in [3.05, 3.63) is 23.5 Å². The van der Waals surface area contributed by atoms with E-state index in [9.17, 15) is 14.4 Å². The summed E-state index contributed by atoms with van der Waals surface area (Å²) in [5.74, 6) is -1.50. The number of aliphatic carboxylic acids is 1. The van der Waals surface area contributed by atoms with Crippen molar-refractivity contribution in [3.8, 4) is 0 Å². The van der Waals surface area contributed by atoms with Gasteiger partial charge in [-0.3, -0.25) is 14.4 Å². The Bertz CT molecular complexity index is 598. The predicted molar refractivity (Wildman–Crippen MR) is 81.1 cm³/mol. The zero-order valence-corrected chi connectivity index (χ0v) is 13.2. The van der Waals surface area contributed by atoms with Crippen LogP contribution in [0.25, 0.3) is 0 Å². The summed E-state index contributed by atoms with van der Waals surface area (Å²) in [5, 5.41) is 8.86.